The molecule has 0 unspecified atom stereocenters. The zero-order valence-electron chi connectivity index (χ0n) is 9.58. The standard InChI is InChI=1S/C13H16FNO2/c14-10-7-4-8-11(16)12(10)13(17)15-9-5-2-1-3-6-9/h4,7-9,16H,1-3,5-6H2,(H,15,17). The fourth-order valence-corrected chi connectivity index (χ4v) is 2.24. The maximum Gasteiger partial charge on any atom is 0.258 e. The first-order valence-corrected chi connectivity index (χ1v) is 5.97. The molecule has 0 bridgehead atoms. The molecular weight excluding hydrogens is 221 g/mol. The van der Waals surface area contributed by atoms with Gasteiger partial charge < -0.3 is 10.4 Å². The third-order valence-corrected chi connectivity index (χ3v) is 3.16. The van der Waals surface area contributed by atoms with Crippen LogP contribution in [0.3, 0.4) is 0 Å². The normalized spacial score (nSPS) is 16.8. The van der Waals surface area contributed by atoms with Crippen molar-refractivity contribution >= 4 is 5.91 Å². The maximum absolute atomic E-state index is 13.4. The summed E-state index contributed by atoms with van der Waals surface area (Å²) in [4.78, 5) is 11.8. The van der Waals surface area contributed by atoms with Crippen molar-refractivity contribution in [3.8, 4) is 5.75 Å². The van der Waals surface area contributed by atoms with Crippen LogP contribution in [0.5, 0.6) is 5.75 Å². The Morgan fingerprint density at radius 1 is 1.29 bits per heavy atom. The monoisotopic (exact) mass is 237 g/mol. The van der Waals surface area contributed by atoms with Crippen LogP contribution in [-0.2, 0) is 0 Å². The predicted octanol–water partition coefficient (Wildman–Crippen LogP) is 2.59. The van der Waals surface area contributed by atoms with Crippen molar-refractivity contribution in [1.29, 1.82) is 0 Å². The van der Waals surface area contributed by atoms with Gasteiger partial charge in [0.2, 0.25) is 0 Å². The number of nitrogens with one attached hydrogen (secondary N) is 1. The van der Waals surface area contributed by atoms with Gasteiger partial charge in [-0.1, -0.05) is 25.3 Å². The Labute approximate surface area is 99.7 Å². The van der Waals surface area contributed by atoms with E-state index >= 15 is 0 Å². The van der Waals surface area contributed by atoms with Crippen LogP contribution in [0.4, 0.5) is 4.39 Å². The van der Waals surface area contributed by atoms with E-state index in [0.29, 0.717) is 0 Å². The SMILES string of the molecule is O=C(NC1CCCCC1)c1c(O)cccc1F. The number of rotatable bonds is 2. The van der Waals surface area contributed by atoms with Crippen molar-refractivity contribution < 1.29 is 14.3 Å². The van der Waals surface area contributed by atoms with E-state index in [1.165, 1.54) is 24.6 Å². The molecule has 3 nitrogen and oxygen atoms in total. The van der Waals surface area contributed by atoms with Crippen LogP contribution in [-0.4, -0.2) is 17.1 Å². The molecule has 1 aromatic rings. The van der Waals surface area contributed by atoms with Crippen molar-refractivity contribution in [1.82, 2.24) is 5.32 Å². The van der Waals surface area contributed by atoms with E-state index in [2.05, 4.69) is 5.32 Å². The fraction of sp³-hybridized carbons (Fsp3) is 0.462. The van der Waals surface area contributed by atoms with E-state index in [1.807, 2.05) is 0 Å². The minimum atomic E-state index is -0.682. The van der Waals surface area contributed by atoms with Crippen LogP contribution in [0.15, 0.2) is 18.2 Å². The summed E-state index contributed by atoms with van der Waals surface area (Å²) in [6.45, 7) is 0. The smallest absolute Gasteiger partial charge is 0.258 e. The average molecular weight is 237 g/mol. The summed E-state index contributed by atoms with van der Waals surface area (Å²) < 4.78 is 13.4. The number of phenolic OH excluding ortho intramolecular Hbond substituents is 1. The summed E-state index contributed by atoms with van der Waals surface area (Å²) in [6, 6.07) is 3.98. The van der Waals surface area contributed by atoms with Gasteiger partial charge in [-0.25, -0.2) is 4.39 Å². The molecule has 0 aliphatic heterocycles. The quantitative estimate of drug-likeness (QED) is 0.830. The van der Waals surface area contributed by atoms with Crippen molar-refractivity contribution in [2.75, 3.05) is 0 Å². The van der Waals surface area contributed by atoms with Crippen molar-refractivity contribution in [2.45, 2.75) is 38.1 Å². The highest BCUT2D eigenvalue weighted by molar-refractivity contribution is 5.97. The molecule has 2 rings (SSSR count). The summed E-state index contributed by atoms with van der Waals surface area (Å²) in [5.41, 5.74) is -0.252. The van der Waals surface area contributed by atoms with Crippen LogP contribution in [0.25, 0.3) is 0 Å². The molecule has 4 heteroatoms. The molecule has 1 amide bonds. The maximum atomic E-state index is 13.4. The topological polar surface area (TPSA) is 49.3 Å². The zero-order chi connectivity index (χ0) is 12.3. The van der Waals surface area contributed by atoms with Crippen LogP contribution < -0.4 is 5.32 Å². The first-order chi connectivity index (χ1) is 8.18. The highest BCUT2D eigenvalue weighted by Crippen LogP contribution is 2.22. The van der Waals surface area contributed by atoms with E-state index in [0.717, 1.165) is 25.7 Å². The van der Waals surface area contributed by atoms with Gasteiger partial charge in [0.25, 0.3) is 5.91 Å². The van der Waals surface area contributed by atoms with Crippen LogP contribution in [0.1, 0.15) is 42.5 Å². The Kier molecular flexibility index (Phi) is 3.61. The molecule has 1 aliphatic rings. The molecular formula is C13H16FNO2. The van der Waals surface area contributed by atoms with Gasteiger partial charge in [0, 0.05) is 6.04 Å². The van der Waals surface area contributed by atoms with Gasteiger partial charge in [0.1, 0.15) is 17.1 Å². The Bertz CT molecular complexity index is 394. The molecule has 0 heterocycles. The van der Waals surface area contributed by atoms with E-state index in [-0.39, 0.29) is 17.4 Å². The zero-order valence-corrected chi connectivity index (χ0v) is 9.58. The lowest BCUT2D eigenvalue weighted by atomic mass is 9.95. The number of benzene rings is 1. The summed E-state index contributed by atoms with van der Waals surface area (Å²) >= 11 is 0. The molecule has 92 valence electrons. The number of aromatic hydroxyl groups is 1. The summed E-state index contributed by atoms with van der Waals surface area (Å²) in [7, 11) is 0. The van der Waals surface area contributed by atoms with Gasteiger partial charge in [-0.05, 0) is 25.0 Å². The number of amides is 1. The summed E-state index contributed by atoms with van der Waals surface area (Å²) in [5.74, 6) is -1.51. The number of phenols is 1. The molecule has 0 atom stereocenters. The average Bonchev–Trinajstić information content (AvgIpc) is 2.30. The van der Waals surface area contributed by atoms with Crippen molar-refractivity contribution in [3.63, 3.8) is 0 Å². The lowest BCUT2D eigenvalue weighted by Crippen LogP contribution is -2.36. The second-order valence-electron chi connectivity index (χ2n) is 4.44. The van der Waals surface area contributed by atoms with Gasteiger partial charge in [-0.3, -0.25) is 4.79 Å². The van der Waals surface area contributed by atoms with E-state index in [4.69, 9.17) is 0 Å². The number of hydrogen-bond acceptors (Lipinski definition) is 2. The minimum Gasteiger partial charge on any atom is -0.507 e. The van der Waals surface area contributed by atoms with Gasteiger partial charge >= 0.3 is 0 Å². The highest BCUT2D eigenvalue weighted by Gasteiger charge is 2.21. The molecule has 0 spiro atoms. The molecule has 2 N–H and O–H groups in total. The lowest BCUT2D eigenvalue weighted by Gasteiger charge is -2.22. The molecule has 0 radical (unpaired) electrons. The van der Waals surface area contributed by atoms with Crippen molar-refractivity contribution in [3.05, 3.63) is 29.6 Å². The van der Waals surface area contributed by atoms with E-state index in [1.54, 1.807) is 0 Å². The second kappa shape index (κ2) is 5.17. The highest BCUT2D eigenvalue weighted by atomic mass is 19.1. The minimum absolute atomic E-state index is 0.107. The van der Waals surface area contributed by atoms with Gasteiger partial charge in [0.05, 0.1) is 0 Å². The lowest BCUT2D eigenvalue weighted by molar-refractivity contribution is 0.0920. The first-order valence-electron chi connectivity index (χ1n) is 5.97. The Morgan fingerprint density at radius 2 is 2.00 bits per heavy atom. The van der Waals surface area contributed by atoms with Crippen LogP contribution >= 0.6 is 0 Å². The fourth-order valence-electron chi connectivity index (χ4n) is 2.24. The van der Waals surface area contributed by atoms with Gasteiger partial charge in [-0.15, -0.1) is 0 Å². The Morgan fingerprint density at radius 3 is 2.65 bits per heavy atom. The third-order valence-electron chi connectivity index (χ3n) is 3.16. The predicted molar refractivity (Wildman–Crippen MR) is 62.4 cm³/mol. The second-order valence-corrected chi connectivity index (χ2v) is 4.44. The van der Waals surface area contributed by atoms with Crippen LogP contribution in [0.2, 0.25) is 0 Å². The van der Waals surface area contributed by atoms with Crippen LogP contribution in [0, 0.1) is 5.82 Å². The number of carbonyl (C=O) groups is 1. The molecule has 1 aliphatic carbocycles. The third kappa shape index (κ3) is 2.75. The van der Waals surface area contributed by atoms with Gasteiger partial charge in [-0.2, -0.15) is 0 Å². The molecule has 1 saturated carbocycles. The molecule has 1 aromatic carbocycles. The molecule has 0 saturated heterocycles. The number of hydrogen-bond donors (Lipinski definition) is 2. The molecule has 17 heavy (non-hydrogen) atoms. The molecule has 0 aromatic heterocycles. The number of halogens is 1. The Hall–Kier alpha value is -1.58. The number of carbonyl (C=O) groups excluding carboxylic acids is 1. The first kappa shape index (κ1) is 11.9. The summed E-state index contributed by atoms with van der Waals surface area (Å²) in [6.07, 6.45) is 5.24. The van der Waals surface area contributed by atoms with E-state index < -0.39 is 11.7 Å². The Balaban J connectivity index is 2.08. The largest absolute Gasteiger partial charge is 0.507 e. The van der Waals surface area contributed by atoms with Gasteiger partial charge in [0.15, 0.2) is 0 Å². The molecule has 1 fully saturated rings. The van der Waals surface area contributed by atoms with E-state index in [9.17, 15) is 14.3 Å². The summed E-state index contributed by atoms with van der Waals surface area (Å²) in [5, 5.41) is 12.3. The van der Waals surface area contributed by atoms with Crippen molar-refractivity contribution in [2.24, 2.45) is 0 Å².